The first-order valence-electron chi connectivity index (χ1n) is 9.98. The van der Waals surface area contributed by atoms with Crippen molar-refractivity contribution in [3.63, 3.8) is 0 Å². The number of rotatable bonds is 5. The van der Waals surface area contributed by atoms with Crippen LogP contribution in [-0.4, -0.2) is 57.0 Å². The van der Waals surface area contributed by atoms with Crippen LogP contribution in [0.2, 0.25) is 0 Å². The minimum atomic E-state index is -0.489. The molecular formula is C21H29N5O3S. The van der Waals surface area contributed by atoms with E-state index in [1.165, 1.54) is 6.33 Å². The van der Waals surface area contributed by atoms with Crippen LogP contribution in [0, 0.1) is 6.92 Å². The van der Waals surface area contributed by atoms with Crippen molar-refractivity contribution in [1.82, 2.24) is 19.9 Å². The van der Waals surface area contributed by atoms with E-state index in [4.69, 9.17) is 9.47 Å². The predicted molar refractivity (Wildman–Crippen MR) is 118 cm³/mol. The fourth-order valence-corrected chi connectivity index (χ4v) is 3.39. The molecule has 1 N–H and O–H groups in total. The molecule has 30 heavy (non-hydrogen) atoms. The van der Waals surface area contributed by atoms with E-state index in [1.807, 2.05) is 46.1 Å². The molecule has 1 amide bonds. The van der Waals surface area contributed by atoms with Crippen molar-refractivity contribution in [2.45, 2.75) is 57.3 Å². The molecule has 0 saturated carbocycles. The Balaban J connectivity index is 1.58. The van der Waals surface area contributed by atoms with Crippen LogP contribution in [0.15, 0.2) is 29.7 Å². The summed E-state index contributed by atoms with van der Waals surface area (Å²) in [6.07, 6.45) is 6.44. The van der Waals surface area contributed by atoms with Gasteiger partial charge in [-0.25, -0.2) is 19.7 Å². The average molecular weight is 432 g/mol. The highest BCUT2D eigenvalue weighted by atomic mass is 32.2. The molecule has 0 radical (unpaired) electrons. The van der Waals surface area contributed by atoms with Crippen LogP contribution < -0.4 is 10.1 Å². The third-order valence-electron chi connectivity index (χ3n) is 4.62. The maximum absolute atomic E-state index is 12.2. The van der Waals surface area contributed by atoms with Crippen molar-refractivity contribution >= 4 is 29.4 Å². The van der Waals surface area contributed by atoms with E-state index in [0.717, 1.165) is 29.1 Å². The molecule has 0 spiro atoms. The van der Waals surface area contributed by atoms with Crippen molar-refractivity contribution in [2.24, 2.45) is 0 Å². The molecule has 0 atom stereocenters. The van der Waals surface area contributed by atoms with Gasteiger partial charge in [0.25, 0.3) is 0 Å². The largest absolute Gasteiger partial charge is 0.474 e. The van der Waals surface area contributed by atoms with Gasteiger partial charge in [0.1, 0.15) is 23.9 Å². The lowest BCUT2D eigenvalue weighted by atomic mass is 10.1. The second-order valence-corrected chi connectivity index (χ2v) is 8.98. The second kappa shape index (κ2) is 9.51. The number of pyridine rings is 1. The van der Waals surface area contributed by atoms with E-state index >= 15 is 0 Å². The highest BCUT2D eigenvalue weighted by molar-refractivity contribution is 7.98. The van der Waals surface area contributed by atoms with Crippen LogP contribution in [0.4, 0.5) is 16.3 Å². The zero-order valence-electron chi connectivity index (χ0n) is 18.1. The topological polar surface area (TPSA) is 89.5 Å². The Kier molecular flexibility index (Phi) is 7.02. The Bertz CT molecular complexity index is 862. The maximum Gasteiger partial charge on any atom is 0.410 e. The van der Waals surface area contributed by atoms with E-state index in [2.05, 4.69) is 20.3 Å². The molecular weight excluding hydrogens is 402 g/mol. The van der Waals surface area contributed by atoms with Crippen LogP contribution >= 0.6 is 11.8 Å². The third-order valence-corrected chi connectivity index (χ3v) is 5.28. The number of anilines is 2. The lowest BCUT2D eigenvalue weighted by Gasteiger charge is -2.33. The highest BCUT2D eigenvalue weighted by Gasteiger charge is 2.28. The van der Waals surface area contributed by atoms with Gasteiger partial charge in [-0.15, -0.1) is 11.8 Å². The quantitative estimate of drug-likeness (QED) is 0.696. The molecule has 1 saturated heterocycles. The van der Waals surface area contributed by atoms with Gasteiger partial charge in [-0.05, 0) is 46.1 Å². The fourth-order valence-electron chi connectivity index (χ4n) is 3.03. The number of amides is 1. The summed E-state index contributed by atoms with van der Waals surface area (Å²) in [6.45, 7) is 8.74. The first kappa shape index (κ1) is 22.1. The number of carbonyl (C=O) groups excluding carboxylic acids is 1. The summed E-state index contributed by atoms with van der Waals surface area (Å²) >= 11 is 1.60. The van der Waals surface area contributed by atoms with Crippen LogP contribution in [0.3, 0.4) is 0 Å². The number of likely N-dealkylation sites (tertiary alicyclic amines) is 1. The number of nitrogens with zero attached hydrogens (tertiary/aromatic N) is 4. The molecule has 1 aliphatic heterocycles. The lowest BCUT2D eigenvalue weighted by molar-refractivity contribution is 0.0122. The number of piperidine rings is 1. The summed E-state index contributed by atoms with van der Waals surface area (Å²) in [5, 5.41) is 4.23. The smallest absolute Gasteiger partial charge is 0.410 e. The van der Waals surface area contributed by atoms with Gasteiger partial charge >= 0.3 is 6.09 Å². The summed E-state index contributed by atoms with van der Waals surface area (Å²) < 4.78 is 11.6. The van der Waals surface area contributed by atoms with E-state index in [1.54, 1.807) is 22.9 Å². The fraction of sp³-hybridized carbons (Fsp3) is 0.524. The molecule has 0 aromatic carbocycles. The number of thioether (sulfide) groups is 1. The highest BCUT2D eigenvalue weighted by Crippen LogP contribution is 2.27. The predicted octanol–water partition coefficient (Wildman–Crippen LogP) is 4.42. The summed E-state index contributed by atoms with van der Waals surface area (Å²) in [5.74, 6) is 1.24. The molecule has 0 aliphatic carbocycles. The van der Waals surface area contributed by atoms with Gasteiger partial charge in [-0.2, -0.15) is 0 Å². The average Bonchev–Trinajstić information content (AvgIpc) is 2.71. The molecule has 1 fully saturated rings. The van der Waals surface area contributed by atoms with Crippen LogP contribution in [0.1, 0.15) is 39.2 Å². The minimum Gasteiger partial charge on any atom is -0.474 e. The molecule has 0 bridgehead atoms. The standard InChI is InChI=1S/C21H29N5O3S/c1-14-18(25-15-6-7-17(30-5)22-12-15)23-13-24-19(14)28-16-8-10-26(11-9-16)20(27)29-21(2,3)4/h6-7,12-13,16H,8-11H2,1-5H3,(H,23,24,25). The molecule has 162 valence electrons. The van der Waals surface area contributed by atoms with Crippen LogP contribution in [0.5, 0.6) is 5.88 Å². The van der Waals surface area contributed by atoms with Crippen molar-refractivity contribution < 1.29 is 14.3 Å². The van der Waals surface area contributed by atoms with Crippen molar-refractivity contribution in [3.05, 3.63) is 30.2 Å². The maximum atomic E-state index is 12.2. The molecule has 1 aliphatic rings. The van der Waals surface area contributed by atoms with E-state index in [9.17, 15) is 4.79 Å². The number of ether oxygens (including phenoxy) is 2. The molecule has 3 rings (SSSR count). The lowest BCUT2D eigenvalue weighted by Crippen LogP contribution is -2.44. The summed E-state index contributed by atoms with van der Waals surface area (Å²) in [4.78, 5) is 27.0. The Morgan fingerprint density at radius 1 is 1.20 bits per heavy atom. The molecule has 3 heterocycles. The van der Waals surface area contributed by atoms with Gasteiger partial charge in [-0.3, -0.25) is 0 Å². The first-order valence-corrected chi connectivity index (χ1v) is 11.2. The molecule has 0 unspecified atom stereocenters. The van der Waals surface area contributed by atoms with Crippen molar-refractivity contribution in [1.29, 1.82) is 0 Å². The van der Waals surface area contributed by atoms with Gasteiger partial charge in [0.15, 0.2) is 0 Å². The monoisotopic (exact) mass is 431 g/mol. The minimum absolute atomic E-state index is 0.00679. The van der Waals surface area contributed by atoms with Crippen molar-refractivity contribution in [2.75, 3.05) is 24.7 Å². The second-order valence-electron chi connectivity index (χ2n) is 8.15. The number of nitrogens with one attached hydrogen (secondary N) is 1. The number of carbonyl (C=O) groups is 1. The van der Waals surface area contributed by atoms with E-state index in [-0.39, 0.29) is 12.2 Å². The molecule has 2 aromatic heterocycles. The third kappa shape index (κ3) is 5.98. The van der Waals surface area contributed by atoms with Gasteiger partial charge < -0.3 is 19.7 Å². The summed E-state index contributed by atoms with van der Waals surface area (Å²) in [7, 11) is 0. The Labute approximate surface area is 181 Å². The molecule has 9 heteroatoms. The van der Waals surface area contributed by atoms with Crippen LogP contribution in [-0.2, 0) is 4.74 Å². The van der Waals surface area contributed by atoms with E-state index in [0.29, 0.717) is 24.8 Å². The Morgan fingerprint density at radius 2 is 1.93 bits per heavy atom. The zero-order chi connectivity index (χ0) is 21.7. The zero-order valence-corrected chi connectivity index (χ0v) is 19.0. The van der Waals surface area contributed by atoms with Crippen LogP contribution in [0.25, 0.3) is 0 Å². The normalized spacial score (nSPS) is 15.0. The Morgan fingerprint density at radius 3 is 2.53 bits per heavy atom. The van der Waals surface area contributed by atoms with Crippen molar-refractivity contribution in [3.8, 4) is 5.88 Å². The molecule has 8 nitrogen and oxygen atoms in total. The Hall–Kier alpha value is -2.55. The first-order chi connectivity index (χ1) is 14.2. The van der Waals surface area contributed by atoms with Gasteiger partial charge in [0.2, 0.25) is 5.88 Å². The number of hydrogen-bond acceptors (Lipinski definition) is 8. The summed E-state index contributed by atoms with van der Waals surface area (Å²) in [6, 6.07) is 3.92. The molecule has 2 aromatic rings. The summed E-state index contributed by atoms with van der Waals surface area (Å²) in [5.41, 5.74) is 1.20. The SMILES string of the molecule is CSc1ccc(Nc2ncnc(OC3CCN(C(=O)OC(C)(C)C)CC3)c2C)cn1. The van der Waals surface area contributed by atoms with E-state index < -0.39 is 5.60 Å². The number of hydrogen-bond donors (Lipinski definition) is 1. The van der Waals surface area contributed by atoms with Gasteiger partial charge in [-0.1, -0.05) is 0 Å². The van der Waals surface area contributed by atoms with Gasteiger partial charge in [0.05, 0.1) is 22.5 Å². The number of aromatic nitrogens is 3. The van der Waals surface area contributed by atoms with Gasteiger partial charge in [0, 0.05) is 25.9 Å².